The van der Waals surface area contributed by atoms with Gasteiger partial charge in [-0.15, -0.1) is 5.10 Å². The van der Waals surface area contributed by atoms with E-state index in [2.05, 4.69) is 15.5 Å². The Morgan fingerprint density at radius 1 is 1.47 bits per heavy atom. The van der Waals surface area contributed by atoms with Crippen LogP contribution in [0.1, 0.15) is 6.42 Å². The largest absolute Gasteiger partial charge is 0.399 e. The summed E-state index contributed by atoms with van der Waals surface area (Å²) >= 11 is 0. The van der Waals surface area contributed by atoms with Crippen molar-refractivity contribution in [2.45, 2.75) is 13.0 Å². The van der Waals surface area contributed by atoms with Crippen LogP contribution in [-0.2, 0) is 11.3 Å². The average Bonchev–Trinajstić information content (AvgIpc) is 3.02. The fourth-order valence-corrected chi connectivity index (χ4v) is 2.21. The molecule has 0 spiro atoms. The molecule has 0 bridgehead atoms. The fourth-order valence-electron chi connectivity index (χ4n) is 2.21. The van der Waals surface area contributed by atoms with Crippen molar-refractivity contribution in [3.8, 4) is 11.4 Å². The molecule has 2 N–H and O–H groups in total. The molecule has 0 saturated carbocycles. The zero-order valence-electron chi connectivity index (χ0n) is 10.3. The van der Waals surface area contributed by atoms with E-state index in [9.17, 15) is 4.39 Å². The monoisotopic (exact) mass is 263 g/mol. The van der Waals surface area contributed by atoms with Crippen molar-refractivity contribution in [2.75, 3.05) is 18.9 Å². The molecule has 6 nitrogen and oxygen atoms in total. The number of hydrogen-bond donors (Lipinski definition) is 1. The minimum absolute atomic E-state index is 0.359. The van der Waals surface area contributed by atoms with E-state index >= 15 is 0 Å². The molecule has 1 fully saturated rings. The maximum atomic E-state index is 13.9. The molecule has 1 aromatic carbocycles. The third-order valence-corrected chi connectivity index (χ3v) is 3.22. The van der Waals surface area contributed by atoms with Crippen molar-refractivity contribution in [3.05, 3.63) is 24.0 Å². The molecular weight excluding hydrogens is 249 g/mol. The molecule has 1 saturated heterocycles. The molecule has 1 atom stereocenters. The van der Waals surface area contributed by atoms with Crippen molar-refractivity contribution in [2.24, 2.45) is 5.92 Å². The zero-order valence-corrected chi connectivity index (χ0v) is 10.3. The van der Waals surface area contributed by atoms with Crippen LogP contribution in [-0.4, -0.2) is 33.4 Å². The van der Waals surface area contributed by atoms with Gasteiger partial charge in [0.25, 0.3) is 0 Å². The molecule has 0 amide bonds. The van der Waals surface area contributed by atoms with Gasteiger partial charge in [-0.05, 0) is 35.0 Å². The maximum Gasteiger partial charge on any atom is 0.184 e. The maximum absolute atomic E-state index is 13.9. The Morgan fingerprint density at radius 3 is 3.11 bits per heavy atom. The van der Waals surface area contributed by atoms with Gasteiger partial charge in [-0.3, -0.25) is 0 Å². The molecule has 7 heteroatoms. The van der Waals surface area contributed by atoms with Gasteiger partial charge >= 0.3 is 0 Å². The van der Waals surface area contributed by atoms with E-state index in [1.807, 2.05) is 0 Å². The van der Waals surface area contributed by atoms with Crippen LogP contribution < -0.4 is 5.73 Å². The molecule has 100 valence electrons. The molecule has 0 aliphatic carbocycles. The fraction of sp³-hybridized carbons (Fsp3) is 0.417. The third kappa shape index (κ3) is 2.41. The van der Waals surface area contributed by atoms with Gasteiger partial charge in [-0.1, -0.05) is 0 Å². The van der Waals surface area contributed by atoms with Gasteiger partial charge in [0.15, 0.2) is 5.82 Å². The first-order valence-corrected chi connectivity index (χ1v) is 6.13. The van der Waals surface area contributed by atoms with E-state index in [4.69, 9.17) is 10.5 Å². The summed E-state index contributed by atoms with van der Waals surface area (Å²) in [6.07, 6.45) is 0.976. The lowest BCUT2D eigenvalue weighted by Crippen LogP contribution is -2.13. The van der Waals surface area contributed by atoms with Crippen LogP contribution in [0.3, 0.4) is 0 Å². The molecule has 1 unspecified atom stereocenters. The minimum atomic E-state index is -0.418. The summed E-state index contributed by atoms with van der Waals surface area (Å²) in [5.74, 6) is 0.377. The highest BCUT2D eigenvalue weighted by atomic mass is 19.1. The van der Waals surface area contributed by atoms with Crippen LogP contribution in [0.5, 0.6) is 0 Å². The van der Waals surface area contributed by atoms with Crippen molar-refractivity contribution < 1.29 is 9.13 Å². The van der Waals surface area contributed by atoms with Gasteiger partial charge in [0.2, 0.25) is 0 Å². The van der Waals surface area contributed by atoms with E-state index in [-0.39, 0.29) is 0 Å². The standard InChI is InChI=1S/C12H14FN5O/c13-11-5-9(14)1-2-10(11)12-15-16-17-18(12)6-8-3-4-19-7-8/h1-2,5,8H,3-4,6-7,14H2. The number of aromatic nitrogens is 4. The summed E-state index contributed by atoms with van der Waals surface area (Å²) in [5, 5.41) is 11.4. The number of hydrogen-bond acceptors (Lipinski definition) is 5. The van der Waals surface area contributed by atoms with Crippen LogP contribution in [0.25, 0.3) is 11.4 Å². The van der Waals surface area contributed by atoms with Gasteiger partial charge in [-0.25, -0.2) is 9.07 Å². The molecular formula is C12H14FN5O. The number of anilines is 1. The van der Waals surface area contributed by atoms with Gasteiger partial charge < -0.3 is 10.5 Å². The number of ether oxygens (including phenoxy) is 1. The van der Waals surface area contributed by atoms with Crippen molar-refractivity contribution in [1.82, 2.24) is 20.2 Å². The van der Waals surface area contributed by atoms with E-state index in [1.165, 1.54) is 6.07 Å². The van der Waals surface area contributed by atoms with Gasteiger partial charge in [-0.2, -0.15) is 0 Å². The first-order chi connectivity index (χ1) is 9.24. The summed E-state index contributed by atoms with van der Waals surface area (Å²) in [4.78, 5) is 0. The predicted octanol–water partition coefficient (Wildman–Crippen LogP) is 1.10. The Balaban J connectivity index is 1.90. The summed E-state index contributed by atoms with van der Waals surface area (Å²) in [5.41, 5.74) is 6.27. The molecule has 19 heavy (non-hydrogen) atoms. The van der Waals surface area contributed by atoms with Crippen molar-refractivity contribution in [1.29, 1.82) is 0 Å². The lowest BCUT2D eigenvalue weighted by Gasteiger charge is -2.09. The zero-order chi connectivity index (χ0) is 13.2. The van der Waals surface area contributed by atoms with Crippen molar-refractivity contribution in [3.63, 3.8) is 0 Å². The third-order valence-electron chi connectivity index (χ3n) is 3.22. The molecule has 1 aliphatic heterocycles. The smallest absolute Gasteiger partial charge is 0.184 e. The predicted molar refractivity (Wildman–Crippen MR) is 66.5 cm³/mol. The molecule has 2 aromatic rings. The van der Waals surface area contributed by atoms with Gasteiger partial charge in [0.1, 0.15) is 5.82 Å². The molecule has 1 aromatic heterocycles. The molecule has 2 heterocycles. The number of nitrogens with zero attached hydrogens (tertiary/aromatic N) is 4. The highest BCUT2D eigenvalue weighted by molar-refractivity contribution is 5.59. The van der Waals surface area contributed by atoms with E-state index in [0.29, 0.717) is 36.1 Å². The highest BCUT2D eigenvalue weighted by Crippen LogP contribution is 2.23. The highest BCUT2D eigenvalue weighted by Gasteiger charge is 2.20. The van der Waals surface area contributed by atoms with Crippen LogP contribution in [0.15, 0.2) is 18.2 Å². The minimum Gasteiger partial charge on any atom is -0.399 e. The summed E-state index contributed by atoms with van der Waals surface area (Å²) in [6.45, 7) is 2.09. The normalized spacial score (nSPS) is 18.9. The van der Waals surface area contributed by atoms with E-state index < -0.39 is 5.82 Å². The second kappa shape index (κ2) is 4.93. The van der Waals surface area contributed by atoms with Gasteiger partial charge in [0.05, 0.1) is 18.7 Å². The quantitative estimate of drug-likeness (QED) is 0.839. The molecule has 1 aliphatic rings. The number of nitrogens with two attached hydrogens (primary N) is 1. The number of rotatable bonds is 3. The molecule has 3 rings (SSSR count). The van der Waals surface area contributed by atoms with Crippen LogP contribution in [0.2, 0.25) is 0 Å². The Morgan fingerprint density at radius 2 is 2.37 bits per heavy atom. The van der Waals surface area contributed by atoms with Crippen molar-refractivity contribution >= 4 is 5.69 Å². The first-order valence-electron chi connectivity index (χ1n) is 6.13. The number of tetrazole rings is 1. The summed E-state index contributed by atoms with van der Waals surface area (Å²) < 4.78 is 20.8. The summed E-state index contributed by atoms with van der Waals surface area (Å²) in [7, 11) is 0. The Hall–Kier alpha value is -2.02. The SMILES string of the molecule is Nc1ccc(-c2nnnn2CC2CCOC2)c(F)c1. The molecule has 0 radical (unpaired) electrons. The first kappa shape index (κ1) is 12.0. The number of nitrogen functional groups attached to an aromatic ring is 1. The van der Waals surface area contributed by atoms with Crippen LogP contribution in [0, 0.1) is 11.7 Å². The number of benzene rings is 1. The lowest BCUT2D eigenvalue weighted by molar-refractivity contribution is 0.181. The Kier molecular flexibility index (Phi) is 3.12. The van der Waals surface area contributed by atoms with E-state index in [1.54, 1.807) is 16.8 Å². The summed E-state index contributed by atoms with van der Waals surface area (Å²) in [6, 6.07) is 4.50. The Bertz CT molecular complexity index is 579. The van der Waals surface area contributed by atoms with Crippen LogP contribution >= 0.6 is 0 Å². The second-order valence-electron chi connectivity index (χ2n) is 4.65. The number of halogens is 1. The average molecular weight is 263 g/mol. The van der Waals surface area contributed by atoms with Gasteiger partial charge in [0, 0.05) is 18.2 Å². The van der Waals surface area contributed by atoms with Crippen LogP contribution in [0.4, 0.5) is 10.1 Å². The Labute approximate surface area is 109 Å². The van der Waals surface area contributed by atoms with E-state index in [0.717, 1.165) is 13.0 Å². The second-order valence-corrected chi connectivity index (χ2v) is 4.65. The topological polar surface area (TPSA) is 78.9 Å². The lowest BCUT2D eigenvalue weighted by atomic mass is 10.1.